The van der Waals surface area contributed by atoms with Crippen LogP contribution >= 0.6 is 0 Å². The minimum Gasteiger partial charge on any atom is -0.481 e. The molecule has 0 saturated carbocycles. The summed E-state index contributed by atoms with van der Waals surface area (Å²) in [5, 5.41) is 8.69. The van der Waals surface area contributed by atoms with Gasteiger partial charge in [0.15, 0.2) is 0 Å². The molecule has 0 aliphatic heterocycles. The van der Waals surface area contributed by atoms with Gasteiger partial charge in [0.2, 0.25) is 0 Å². The van der Waals surface area contributed by atoms with Crippen molar-refractivity contribution < 1.29 is 9.90 Å². The molecule has 4 nitrogen and oxygen atoms in total. The van der Waals surface area contributed by atoms with E-state index < -0.39 is 5.97 Å². The van der Waals surface area contributed by atoms with E-state index >= 15 is 0 Å². The maximum absolute atomic E-state index is 10.6. The summed E-state index contributed by atoms with van der Waals surface area (Å²) in [5.74, 6) is -0.0693. The summed E-state index contributed by atoms with van der Waals surface area (Å²) < 4.78 is 1.89. The van der Waals surface area contributed by atoms with Crippen molar-refractivity contribution in [3.05, 3.63) is 48.0 Å². The third-order valence-electron chi connectivity index (χ3n) is 2.30. The van der Waals surface area contributed by atoms with E-state index in [-0.39, 0.29) is 6.42 Å². The number of rotatable bonds is 3. The molecule has 1 heterocycles. The Morgan fingerprint density at radius 2 is 2.06 bits per heavy atom. The largest absolute Gasteiger partial charge is 0.481 e. The molecular formula is C12H12N2O2. The van der Waals surface area contributed by atoms with E-state index in [0.29, 0.717) is 5.69 Å². The maximum Gasteiger partial charge on any atom is 0.309 e. The first-order valence-corrected chi connectivity index (χ1v) is 4.99. The number of benzene rings is 1. The molecule has 0 bridgehead atoms. The van der Waals surface area contributed by atoms with Crippen LogP contribution in [0.1, 0.15) is 11.5 Å². The first kappa shape index (κ1) is 10.4. The van der Waals surface area contributed by atoms with Crippen molar-refractivity contribution >= 4 is 5.97 Å². The molecule has 82 valence electrons. The highest BCUT2D eigenvalue weighted by Crippen LogP contribution is 2.12. The molecule has 0 unspecified atom stereocenters. The average molecular weight is 216 g/mol. The molecule has 1 aromatic heterocycles. The lowest BCUT2D eigenvalue weighted by molar-refractivity contribution is -0.136. The number of carboxylic acid groups (broad SMARTS) is 1. The molecule has 0 saturated heterocycles. The van der Waals surface area contributed by atoms with Gasteiger partial charge in [-0.1, -0.05) is 18.2 Å². The Labute approximate surface area is 93.2 Å². The van der Waals surface area contributed by atoms with Crippen LogP contribution in [0.3, 0.4) is 0 Å². The third-order valence-corrected chi connectivity index (χ3v) is 2.30. The van der Waals surface area contributed by atoms with Crippen LogP contribution in [-0.4, -0.2) is 20.6 Å². The van der Waals surface area contributed by atoms with Gasteiger partial charge in [0, 0.05) is 11.9 Å². The normalized spacial score (nSPS) is 10.3. The van der Waals surface area contributed by atoms with E-state index in [9.17, 15) is 4.79 Å². The van der Waals surface area contributed by atoms with Gasteiger partial charge in [0.25, 0.3) is 0 Å². The number of imidazole rings is 1. The van der Waals surface area contributed by atoms with E-state index in [0.717, 1.165) is 11.5 Å². The van der Waals surface area contributed by atoms with Crippen LogP contribution in [0.15, 0.2) is 36.5 Å². The van der Waals surface area contributed by atoms with E-state index in [1.165, 1.54) is 0 Å². The van der Waals surface area contributed by atoms with Gasteiger partial charge in [-0.25, -0.2) is 4.98 Å². The van der Waals surface area contributed by atoms with E-state index in [1.54, 1.807) is 6.20 Å². The first-order valence-electron chi connectivity index (χ1n) is 4.99. The summed E-state index contributed by atoms with van der Waals surface area (Å²) in [5.41, 5.74) is 1.57. The second-order valence-electron chi connectivity index (χ2n) is 3.56. The molecule has 2 rings (SSSR count). The zero-order chi connectivity index (χ0) is 11.5. The minimum atomic E-state index is -0.863. The fraction of sp³-hybridized carbons (Fsp3) is 0.167. The summed E-state index contributed by atoms with van der Waals surface area (Å²) in [7, 11) is 0. The lowest BCUT2D eigenvalue weighted by Gasteiger charge is -2.02. The Hall–Kier alpha value is -2.10. The molecule has 0 aliphatic carbocycles. The molecule has 0 spiro atoms. The molecule has 16 heavy (non-hydrogen) atoms. The molecule has 2 aromatic rings. The standard InChI is InChI=1S/C12H12N2O2/c1-9-13-10(7-12(15)16)8-14(9)11-5-3-2-4-6-11/h2-6,8H,7H2,1H3,(H,15,16). The van der Waals surface area contributed by atoms with Crippen LogP contribution in [-0.2, 0) is 11.2 Å². The Morgan fingerprint density at radius 1 is 1.38 bits per heavy atom. The van der Waals surface area contributed by atoms with Crippen LogP contribution < -0.4 is 0 Å². The molecule has 1 aromatic carbocycles. The lowest BCUT2D eigenvalue weighted by atomic mass is 10.3. The number of para-hydroxylation sites is 1. The molecule has 4 heteroatoms. The van der Waals surface area contributed by atoms with Crippen molar-refractivity contribution in [2.75, 3.05) is 0 Å². The Morgan fingerprint density at radius 3 is 2.69 bits per heavy atom. The van der Waals surface area contributed by atoms with E-state index in [4.69, 9.17) is 5.11 Å². The fourth-order valence-electron chi connectivity index (χ4n) is 1.62. The van der Waals surface area contributed by atoms with Gasteiger partial charge in [-0.05, 0) is 19.1 Å². The van der Waals surface area contributed by atoms with E-state index in [2.05, 4.69) is 4.98 Å². The average Bonchev–Trinajstić information content (AvgIpc) is 2.60. The summed E-state index contributed by atoms with van der Waals surface area (Å²) >= 11 is 0. The monoisotopic (exact) mass is 216 g/mol. The van der Waals surface area contributed by atoms with Crippen molar-refractivity contribution in [1.82, 2.24) is 9.55 Å². The number of aryl methyl sites for hydroxylation is 1. The van der Waals surface area contributed by atoms with Crippen LogP contribution in [0, 0.1) is 6.92 Å². The second kappa shape index (κ2) is 4.18. The van der Waals surface area contributed by atoms with Gasteiger partial charge in [0.05, 0.1) is 12.1 Å². The molecule has 1 N–H and O–H groups in total. The quantitative estimate of drug-likeness (QED) is 0.851. The number of nitrogens with zero attached hydrogens (tertiary/aromatic N) is 2. The first-order chi connectivity index (χ1) is 7.66. The summed E-state index contributed by atoms with van der Waals surface area (Å²) in [6, 6.07) is 9.73. The number of hydrogen-bond donors (Lipinski definition) is 1. The van der Waals surface area contributed by atoms with Crippen LogP contribution in [0.5, 0.6) is 0 Å². The molecule has 0 atom stereocenters. The second-order valence-corrected chi connectivity index (χ2v) is 3.56. The van der Waals surface area contributed by atoms with E-state index in [1.807, 2.05) is 41.8 Å². The Balaban J connectivity index is 2.36. The van der Waals surface area contributed by atoms with Gasteiger partial charge in [-0.3, -0.25) is 4.79 Å². The molecule has 0 radical (unpaired) electrons. The zero-order valence-corrected chi connectivity index (χ0v) is 8.92. The Bertz CT molecular complexity index is 503. The van der Waals surface area contributed by atoms with Crippen LogP contribution in [0.4, 0.5) is 0 Å². The predicted molar refractivity (Wildman–Crippen MR) is 59.6 cm³/mol. The molecule has 0 fully saturated rings. The number of carboxylic acids is 1. The predicted octanol–water partition coefficient (Wildman–Crippen LogP) is 1.81. The zero-order valence-electron chi connectivity index (χ0n) is 8.92. The molecule has 0 amide bonds. The van der Waals surface area contributed by atoms with Gasteiger partial charge in [0.1, 0.15) is 5.82 Å². The van der Waals surface area contributed by atoms with Crippen LogP contribution in [0.2, 0.25) is 0 Å². The fourth-order valence-corrected chi connectivity index (χ4v) is 1.62. The smallest absolute Gasteiger partial charge is 0.309 e. The van der Waals surface area contributed by atoms with Gasteiger partial charge >= 0.3 is 5.97 Å². The van der Waals surface area contributed by atoms with Gasteiger partial charge in [-0.2, -0.15) is 0 Å². The highest BCUT2D eigenvalue weighted by Gasteiger charge is 2.08. The van der Waals surface area contributed by atoms with Crippen LogP contribution in [0.25, 0.3) is 5.69 Å². The Kier molecular flexibility index (Phi) is 2.72. The summed E-state index contributed by atoms with van der Waals surface area (Å²) in [6.07, 6.45) is 1.72. The SMILES string of the molecule is Cc1nc(CC(=O)O)cn1-c1ccccc1. The minimum absolute atomic E-state index is 0.0410. The molecular weight excluding hydrogens is 204 g/mol. The van der Waals surface area contributed by atoms with Gasteiger partial charge in [-0.15, -0.1) is 0 Å². The highest BCUT2D eigenvalue weighted by atomic mass is 16.4. The highest BCUT2D eigenvalue weighted by molar-refractivity contribution is 5.69. The van der Waals surface area contributed by atoms with Crippen molar-refractivity contribution in [2.24, 2.45) is 0 Å². The number of aliphatic carboxylic acids is 1. The van der Waals surface area contributed by atoms with Crippen molar-refractivity contribution in [1.29, 1.82) is 0 Å². The van der Waals surface area contributed by atoms with Crippen molar-refractivity contribution in [2.45, 2.75) is 13.3 Å². The molecule has 0 aliphatic rings. The lowest BCUT2D eigenvalue weighted by Crippen LogP contribution is -1.99. The van der Waals surface area contributed by atoms with Crippen molar-refractivity contribution in [3.8, 4) is 5.69 Å². The summed E-state index contributed by atoms with van der Waals surface area (Å²) in [6.45, 7) is 1.86. The maximum atomic E-state index is 10.6. The topological polar surface area (TPSA) is 55.1 Å². The number of hydrogen-bond acceptors (Lipinski definition) is 2. The third kappa shape index (κ3) is 2.11. The number of aromatic nitrogens is 2. The number of carbonyl (C=O) groups is 1. The summed E-state index contributed by atoms with van der Waals surface area (Å²) in [4.78, 5) is 14.8. The van der Waals surface area contributed by atoms with Crippen molar-refractivity contribution in [3.63, 3.8) is 0 Å². The van der Waals surface area contributed by atoms with Gasteiger partial charge < -0.3 is 9.67 Å².